The molecule has 8 heteroatoms. The highest BCUT2D eigenvalue weighted by molar-refractivity contribution is 6.51. The number of aliphatic hydroxyl groups is 1. The van der Waals surface area contributed by atoms with Crippen molar-refractivity contribution in [2.45, 2.75) is 25.8 Å². The van der Waals surface area contributed by atoms with Crippen LogP contribution in [0.25, 0.3) is 5.76 Å². The van der Waals surface area contributed by atoms with Crippen LogP contribution in [-0.4, -0.2) is 30.7 Å². The number of hydrogen-bond donors (Lipinski definition) is 1. The van der Waals surface area contributed by atoms with Gasteiger partial charge >= 0.3 is 0 Å². The molecule has 1 N–H and O–H groups in total. The highest BCUT2D eigenvalue weighted by Gasteiger charge is 2.47. The van der Waals surface area contributed by atoms with Gasteiger partial charge in [0.2, 0.25) is 6.79 Å². The minimum Gasteiger partial charge on any atom is -0.507 e. The van der Waals surface area contributed by atoms with E-state index in [1.807, 2.05) is 24.3 Å². The largest absolute Gasteiger partial charge is 0.507 e. The number of carbonyl (C=O) groups excluding carboxylic acids is 2. The molecule has 7 nitrogen and oxygen atoms in total. The fourth-order valence-corrected chi connectivity index (χ4v) is 4.67. The number of nitrogens with zero attached hydrogens (tertiary/aromatic N) is 1. The van der Waals surface area contributed by atoms with Gasteiger partial charge in [-0.3, -0.25) is 14.5 Å². The number of carbonyl (C=O) groups is 2. The third-order valence-corrected chi connectivity index (χ3v) is 6.73. The third-order valence-electron chi connectivity index (χ3n) is 6.42. The number of halogens is 1. The summed E-state index contributed by atoms with van der Waals surface area (Å²) in [4.78, 5) is 28.2. The van der Waals surface area contributed by atoms with Gasteiger partial charge in [0, 0.05) is 17.3 Å². The second kappa shape index (κ2) is 9.24. The number of fused-ring (bicyclic) bond motifs is 1. The van der Waals surface area contributed by atoms with Crippen LogP contribution in [0, 0.1) is 0 Å². The Morgan fingerprint density at radius 3 is 2.44 bits per heavy atom. The summed E-state index contributed by atoms with van der Waals surface area (Å²) in [7, 11) is 1.46. The van der Waals surface area contributed by atoms with Crippen LogP contribution >= 0.6 is 11.6 Å². The van der Waals surface area contributed by atoms with Crippen molar-refractivity contribution in [3.8, 4) is 17.2 Å². The molecule has 1 atom stereocenters. The zero-order valence-corrected chi connectivity index (χ0v) is 20.7. The van der Waals surface area contributed by atoms with Gasteiger partial charge in [0.15, 0.2) is 11.5 Å². The number of rotatable bonds is 5. The van der Waals surface area contributed by atoms with Crippen molar-refractivity contribution in [3.63, 3.8) is 0 Å². The summed E-state index contributed by atoms with van der Waals surface area (Å²) in [5.74, 6) is -0.188. The van der Waals surface area contributed by atoms with Crippen molar-refractivity contribution in [3.05, 3.63) is 87.9 Å². The molecule has 2 aliphatic heterocycles. The van der Waals surface area contributed by atoms with E-state index in [2.05, 4.69) is 13.8 Å². The Morgan fingerprint density at radius 2 is 1.75 bits per heavy atom. The molecule has 36 heavy (non-hydrogen) atoms. The van der Waals surface area contributed by atoms with E-state index >= 15 is 0 Å². The molecule has 3 aromatic carbocycles. The van der Waals surface area contributed by atoms with E-state index in [0.717, 1.165) is 5.56 Å². The van der Waals surface area contributed by atoms with Gasteiger partial charge in [0.05, 0.1) is 23.7 Å². The van der Waals surface area contributed by atoms with Gasteiger partial charge in [0.1, 0.15) is 11.5 Å². The normalized spacial score (nSPS) is 18.2. The number of ketones is 1. The van der Waals surface area contributed by atoms with Crippen molar-refractivity contribution >= 4 is 34.7 Å². The maximum Gasteiger partial charge on any atom is 0.300 e. The zero-order chi connectivity index (χ0) is 25.6. The maximum atomic E-state index is 13.4. The smallest absolute Gasteiger partial charge is 0.300 e. The van der Waals surface area contributed by atoms with Crippen molar-refractivity contribution in [1.29, 1.82) is 0 Å². The van der Waals surface area contributed by atoms with Crippen LogP contribution in [0.4, 0.5) is 5.69 Å². The van der Waals surface area contributed by atoms with E-state index in [-0.39, 0.29) is 18.1 Å². The molecule has 1 unspecified atom stereocenters. The zero-order valence-electron chi connectivity index (χ0n) is 19.9. The van der Waals surface area contributed by atoms with E-state index in [1.54, 1.807) is 30.3 Å². The lowest BCUT2D eigenvalue weighted by Crippen LogP contribution is -2.29. The van der Waals surface area contributed by atoms with E-state index in [9.17, 15) is 14.7 Å². The SMILES string of the molecule is COc1cc(/C(O)=C2\C(=O)C(=O)N(c3ccc4c(c3)OCO4)C2c2ccc(C(C)C)cc2)ccc1Cl. The van der Waals surface area contributed by atoms with Crippen LogP contribution in [0.15, 0.2) is 66.2 Å². The Labute approximate surface area is 213 Å². The molecule has 0 radical (unpaired) electrons. The summed E-state index contributed by atoms with van der Waals surface area (Å²) in [6, 6.07) is 16.5. The Hall–Kier alpha value is -3.97. The number of anilines is 1. The third kappa shape index (κ3) is 3.95. The van der Waals surface area contributed by atoms with Crippen LogP contribution in [0.5, 0.6) is 17.2 Å². The number of aliphatic hydroxyl groups excluding tert-OH is 1. The van der Waals surface area contributed by atoms with Gasteiger partial charge < -0.3 is 19.3 Å². The van der Waals surface area contributed by atoms with Gasteiger partial charge in [-0.15, -0.1) is 0 Å². The monoisotopic (exact) mass is 505 g/mol. The molecular formula is C28H24ClNO6. The molecule has 0 spiro atoms. The maximum absolute atomic E-state index is 13.4. The molecule has 2 heterocycles. The predicted molar refractivity (Wildman–Crippen MR) is 136 cm³/mol. The quantitative estimate of drug-likeness (QED) is 0.267. The highest BCUT2D eigenvalue weighted by atomic mass is 35.5. The van der Waals surface area contributed by atoms with E-state index < -0.39 is 17.7 Å². The second-order valence-corrected chi connectivity index (χ2v) is 9.28. The van der Waals surface area contributed by atoms with Crippen molar-refractivity contribution < 1.29 is 28.9 Å². The van der Waals surface area contributed by atoms with Crippen LogP contribution in [-0.2, 0) is 9.59 Å². The van der Waals surface area contributed by atoms with Crippen LogP contribution in [0.3, 0.4) is 0 Å². The van der Waals surface area contributed by atoms with Crippen LogP contribution in [0.1, 0.15) is 42.5 Å². The predicted octanol–water partition coefficient (Wildman–Crippen LogP) is 5.83. The van der Waals surface area contributed by atoms with Gasteiger partial charge in [-0.1, -0.05) is 49.7 Å². The summed E-state index contributed by atoms with van der Waals surface area (Å²) in [6.45, 7) is 4.25. The molecule has 0 saturated carbocycles. The summed E-state index contributed by atoms with van der Waals surface area (Å²) in [5.41, 5.74) is 2.52. The molecule has 1 amide bonds. The lowest BCUT2D eigenvalue weighted by atomic mass is 9.93. The number of methoxy groups -OCH3 is 1. The summed E-state index contributed by atoms with van der Waals surface area (Å²) in [5, 5.41) is 11.7. The number of amides is 1. The Kier molecular flexibility index (Phi) is 6.10. The van der Waals surface area contributed by atoms with Crippen LogP contribution < -0.4 is 19.1 Å². The summed E-state index contributed by atoms with van der Waals surface area (Å²) in [6.07, 6.45) is 0. The van der Waals surface area contributed by atoms with Crippen molar-refractivity contribution in [2.24, 2.45) is 0 Å². The van der Waals surface area contributed by atoms with Gasteiger partial charge in [-0.05, 0) is 47.4 Å². The lowest BCUT2D eigenvalue weighted by molar-refractivity contribution is -0.132. The first kappa shape index (κ1) is 23.8. The van der Waals surface area contributed by atoms with E-state index in [0.29, 0.717) is 45.0 Å². The standard InChI is InChI=1S/C28H24ClNO6/c1-15(2)16-4-6-17(7-5-16)25-24(26(31)18-8-10-20(29)22(12-18)34-3)27(32)28(33)30(25)19-9-11-21-23(13-19)36-14-35-21/h4-13,15,25,31H,14H2,1-3H3/b26-24+. The average molecular weight is 506 g/mol. The molecule has 0 bridgehead atoms. The van der Waals surface area contributed by atoms with Crippen LogP contribution in [0.2, 0.25) is 5.02 Å². The molecular weight excluding hydrogens is 482 g/mol. The lowest BCUT2D eigenvalue weighted by Gasteiger charge is -2.26. The average Bonchev–Trinajstić information content (AvgIpc) is 3.45. The number of hydrogen-bond acceptors (Lipinski definition) is 6. The topological polar surface area (TPSA) is 85.3 Å². The molecule has 184 valence electrons. The van der Waals surface area contributed by atoms with E-state index in [4.69, 9.17) is 25.8 Å². The fraction of sp³-hybridized carbons (Fsp3) is 0.214. The molecule has 5 rings (SSSR count). The Morgan fingerprint density at radius 1 is 1.03 bits per heavy atom. The minimum absolute atomic E-state index is 0.0284. The second-order valence-electron chi connectivity index (χ2n) is 8.88. The molecule has 3 aromatic rings. The van der Waals surface area contributed by atoms with Gasteiger partial charge in [-0.2, -0.15) is 0 Å². The summed E-state index contributed by atoms with van der Waals surface area (Å²) >= 11 is 6.15. The fourth-order valence-electron chi connectivity index (χ4n) is 4.48. The van der Waals surface area contributed by atoms with Crippen molar-refractivity contribution in [2.75, 3.05) is 18.8 Å². The molecule has 0 aromatic heterocycles. The molecule has 1 fully saturated rings. The van der Waals surface area contributed by atoms with Gasteiger partial charge in [-0.25, -0.2) is 0 Å². The first-order chi connectivity index (χ1) is 17.3. The minimum atomic E-state index is -0.867. The Balaban J connectivity index is 1.70. The molecule has 1 saturated heterocycles. The van der Waals surface area contributed by atoms with Crippen molar-refractivity contribution in [1.82, 2.24) is 0 Å². The first-order valence-corrected chi connectivity index (χ1v) is 11.8. The van der Waals surface area contributed by atoms with Gasteiger partial charge in [0.25, 0.3) is 11.7 Å². The number of Topliss-reactive ketones (excluding diaryl/α,β-unsaturated/α-hetero) is 1. The number of benzene rings is 3. The number of ether oxygens (including phenoxy) is 3. The van der Waals surface area contributed by atoms with E-state index in [1.165, 1.54) is 18.1 Å². The molecule has 2 aliphatic rings. The Bertz CT molecular complexity index is 1400. The summed E-state index contributed by atoms with van der Waals surface area (Å²) < 4.78 is 16.2. The first-order valence-electron chi connectivity index (χ1n) is 11.4. The molecule has 0 aliphatic carbocycles. The highest BCUT2D eigenvalue weighted by Crippen LogP contribution is 2.45.